The minimum Gasteiger partial charge on any atom is -0.465 e. The van der Waals surface area contributed by atoms with Crippen LogP contribution in [0.5, 0.6) is 0 Å². The molecule has 0 radical (unpaired) electrons. The summed E-state index contributed by atoms with van der Waals surface area (Å²) >= 11 is 0. The van der Waals surface area contributed by atoms with Crippen molar-refractivity contribution in [1.29, 1.82) is 0 Å². The Kier molecular flexibility index (Phi) is 5.74. The van der Waals surface area contributed by atoms with E-state index in [1.54, 1.807) is 6.92 Å². The maximum atomic E-state index is 12.5. The fourth-order valence-corrected chi connectivity index (χ4v) is 6.17. The van der Waals surface area contributed by atoms with Gasteiger partial charge in [0.15, 0.2) is 0 Å². The highest BCUT2D eigenvalue weighted by molar-refractivity contribution is 5.72. The molecular weight excluding hydrogens is 432 g/mol. The number of aliphatic hydroxyl groups excluding tert-OH is 1. The van der Waals surface area contributed by atoms with Gasteiger partial charge >= 0.3 is 17.9 Å². The summed E-state index contributed by atoms with van der Waals surface area (Å²) in [5.74, 6) is -1.44. The minimum atomic E-state index is -1.13. The van der Waals surface area contributed by atoms with Gasteiger partial charge in [-0.05, 0) is 19.4 Å². The summed E-state index contributed by atoms with van der Waals surface area (Å²) in [6, 6.07) is 0. The van der Waals surface area contributed by atoms with Gasteiger partial charge in [0.25, 0.3) is 0 Å². The Bertz CT molecular complexity index is 919. The monoisotopic (exact) mass is 464 g/mol. The summed E-state index contributed by atoms with van der Waals surface area (Å²) in [6.07, 6.45) is -1.81. The van der Waals surface area contributed by atoms with E-state index in [0.29, 0.717) is 12.2 Å². The number of ether oxygens (including phenoxy) is 5. The lowest BCUT2D eigenvalue weighted by Gasteiger charge is -2.58. The Morgan fingerprint density at radius 3 is 2.42 bits per heavy atom. The number of hydrogen-bond donors (Lipinski definition) is 1. The summed E-state index contributed by atoms with van der Waals surface area (Å²) in [5, 5.41) is 11.2. The first-order valence-corrected chi connectivity index (χ1v) is 11.2. The molecule has 1 saturated carbocycles. The van der Waals surface area contributed by atoms with E-state index < -0.39 is 64.9 Å². The van der Waals surface area contributed by atoms with Crippen molar-refractivity contribution in [1.82, 2.24) is 0 Å². The first kappa shape index (κ1) is 23.9. The van der Waals surface area contributed by atoms with Crippen molar-refractivity contribution in [3.8, 4) is 0 Å². The molecule has 9 heteroatoms. The summed E-state index contributed by atoms with van der Waals surface area (Å²) in [4.78, 5) is 36.4. The SMILES string of the molecule is C=C(C)CC(=O)O[C@H]1C[C@@]2(COC(C)=O)[C@@H](C=C1C)O[C@@H]1[C@H](O)[C@@H](OC(C)=O)[C@@]2(C)[C@]12CO2. The molecular formula is C24H32O9. The molecule has 0 aromatic rings. The van der Waals surface area contributed by atoms with E-state index in [-0.39, 0.29) is 19.4 Å². The van der Waals surface area contributed by atoms with Gasteiger partial charge in [0.05, 0.1) is 30.0 Å². The van der Waals surface area contributed by atoms with Crippen LogP contribution in [0.4, 0.5) is 0 Å². The fourth-order valence-electron chi connectivity index (χ4n) is 6.17. The van der Waals surface area contributed by atoms with Crippen LogP contribution in [0, 0.1) is 10.8 Å². The Morgan fingerprint density at radius 1 is 1.21 bits per heavy atom. The van der Waals surface area contributed by atoms with Crippen molar-refractivity contribution < 1.29 is 43.2 Å². The molecule has 2 aliphatic carbocycles. The fraction of sp³-hybridized carbons (Fsp3) is 0.708. The van der Waals surface area contributed by atoms with Crippen molar-refractivity contribution in [2.45, 2.75) is 83.6 Å². The lowest BCUT2D eigenvalue weighted by molar-refractivity contribution is -0.241. The van der Waals surface area contributed by atoms with Gasteiger partial charge in [0.2, 0.25) is 0 Å². The van der Waals surface area contributed by atoms with Crippen molar-refractivity contribution in [2.24, 2.45) is 10.8 Å². The quantitative estimate of drug-likeness (QED) is 0.270. The number of esters is 3. The molecule has 0 aromatic heterocycles. The number of rotatable bonds is 6. The van der Waals surface area contributed by atoms with Crippen LogP contribution in [-0.4, -0.2) is 72.3 Å². The number of hydrogen-bond acceptors (Lipinski definition) is 9. The second-order valence-corrected chi connectivity index (χ2v) is 10.0. The molecule has 2 heterocycles. The third-order valence-corrected chi connectivity index (χ3v) is 7.87. The van der Waals surface area contributed by atoms with Crippen LogP contribution >= 0.6 is 0 Å². The first-order chi connectivity index (χ1) is 15.4. The molecule has 0 aromatic carbocycles. The van der Waals surface area contributed by atoms with Crippen LogP contribution in [0.1, 0.15) is 47.5 Å². The summed E-state index contributed by atoms with van der Waals surface area (Å²) in [7, 11) is 0. The molecule has 2 bridgehead atoms. The van der Waals surface area contributed by atoms with Crippen LogP contribution in [0.3, 0.4) is 0 Å². The maximum absolute atomic E-state index is 12.5. The van der Waals surface area contributed by atoms with Crippen LogP contribution in [0.25, 0.3) is 0 Å². The van der Waals surface area contributed by atoms with Crippen LogP contribution < -0.4 is 0 Å². The van der Waals surface area contributed by atoms with Gasteiger partial charge in [-0.1, -0.05) is 25.2 Å². The van der Waals surface area contributed by atoms with Crippen molar-refractivity contribution in [2.75, 3.05) is 13.2 Å². The first-order valence-electron chi connectivity index (χ1n) is 11.2. The molecule has 182 valence electrons. The molecule has 0 unspecified atom stereocenters. The molecule has 4 rings (SSSR count). The lowest BCUT2D eigenvalue weighted by atomic mass is 9.51. The average Bonchev–Trinajstić information content (AvgIpc) is 3.48. The van der Waals surface area contributed by atoms with Crippen LogP contribution in [0.15, 0.2) is 23.8 Å². The Morgan fingerprint density at radius 2 is 1.88 bits per heavy atom. The topological polar surface area (TPSA) is 121 Å². The highest BCUT2D eigenvalue weighted by Crippen LogP contribution is 2.72. The van der Waals surface area contributed by atoms with Gasteiger partial charge in [-0.2, -0.15) is 0 Å². The third-order valence-electron chi connectivity index (χ3n) is 7.87. The van der Waals surface area contributed by atoms with Gasteiger partial charge in [0.1, 0.15) is 36.6 Å². The zero-order valence-electron chi connectivity index (χ0n) is 19.7. The number of fused-ring (bicyclic) bond motifs is 2. The van der Waals surface area contributed by atoms with E-state index in [1.807, 2.05) is 19.9 Å². The zero-order valence-corrected chi connectivity index (χ0v) is 19.7. The van der Waals surface area contributed by atoms with E-state index in [2.05, 4.69) is 6.58 Å². The highest BCUT2D eigenvalue weighted by atomic mass is 16.7. The van der Waals surface area contributed by atoms with E-state index in [4.69, 9.17) is 23.7 Å². The highest BCUT2D eigenvalue weighted by Gasteiger charge is 2.86. The average molecular weight is 465 g/mol. The maximum Gasteiger partial charge on any atom is 0.310 e. The van der Waals surface area contributed by atoms with E-state index in [0.717, 1.165) is 5.57 Å². The van der Waals surface area contributed by atoms with Crippen LogP contribution in [-0.2, 0) is 38.1 Å². The standard InChI is InChI=1S/C24H32O9/c1-12(2)7-18(27)32-16-9-23(10-29-14(4)25)17(8-13(16)3)33-21-19(28)20(31-15(5)26)22(23,6)24(21)11-30-24/h8,16-17,19-21,28H,1,7,9-11H2,2-6H3/t16-,17+,19+,20+,21+,22+,23+,24-/m0/s1. The number of epoxide rings is 1. The summed E-state index contributed by atoms with van der Waals surface area (Å²) in [6.45, 7) is 12.1. The molecule has 8 atom stereocenters. The third kappa shape index (κ3) is 3.43. The molecule has 3 fully saturated rings. The molecule has 2 aliphatic heterocycles. The summed E-state index contributed by atoms with van der Waals surface area (Å²) in [5.41, 5.74) is -1.40. The van der Waals surface area contributed by atoms with E-state index >= 15 is 0 Å². The Hall–Kier alpha value is -2.23. The molecule has 9 nitrogen and oxygen atoms in total. The second kappa shape index (κ2) is 7.92. The van der Waals surface area contributed by atoms with Crippen molar-refractivity contribution >= 4 is 17.9 Å². The zero-order chi connectivity index (χ0) is 24.3. The number of aliphatic hydroxyl groups is 1. The predicted octanol–water partition coefficient (Wildman–Crippen LogP) is 1.61. The van der Waals surface area contributed by atoms with Crippen LogP contribution in [0.2, 0.25) is 0 Å². The van der Waals surface area contributed by atoms with Gasteiger partial charge in [0, 0.05) is 20.3 Å². The van der Waals surface area contributed by atoms with Crippen molar-refractivity contribution in [3.05, 3.63) is 23.8 Å². The summed E-state index contributed by atoms with van der Waals surface area (Å²) < 4.78 is 29.3. The molecule has 4 aliphatic rings. The number of carbonyl (C=O) groups is 3. The normalized spacial score (nSPS) is 42.7. The van der Waals surface area contributed by atoms with Gasteiger partial charge in [-0.25, -0.2) is 0 Å². The second-order valence-electron chi connectivity index (χ2n) is 10.0. The molecule has 1 spiro atoms. The van der Waals surface area contributed by atoms with E-state index in [9.17, 15) is 19.5 Å². The van der Waals surface area contributed by atoms with E-state index in [1.165, 1.54) is 13.8 Å². The molecule has 1 N–H and O–H groups in total. The lowest BCUT2D eigenvalue weighted by Crippen LogP contribution is -2.68. The van der Waals surface area contributed by atoms with Gasteiger partial charge in [-0.15, -0.1) is 0 Å². The van der Waals surface area contributed by atoms with Gasteiger partial charge < -0.3 is 28.8 Å². The Labute approximate surface area is 193 Å². The molecule has 2 saturated heterocycles. The molecule has 0 amide bonds. The smallest absolute Gasteiger partial charge is 0.310 e. The van der Waals surface area contributed by atoms with Gasteiger partial charge in [-0.3, -0.25) is 14.4 Å². The molecule has 33 heavy (non-hydrogen) atoms. The largest absolute Gasteiger partial charge is 0.465 e. The van der Waals surface area contributed by atoms with Crippen molar-refractivity contribution in [3.63, 3.8) is 0 Å². The Balaban J connectivity index is 1.80. The minimum absolute atomic E-state index is 0.0792. The predicted molar refractivity (Wildman–Crippen MR) is 114 cm³/mol. The number of carbonyl (C=O) groups excluding carboxylic acids is 3.